The van der Waals surface area contributed by atoms with Crippen LogP contribution in [0.25, 0.3) is 0 Å². The van der Waals surface area contributed by atoms with Crippen molar-refractivity contribution in [2.24, 2.45) is 5.41 Å². The Kier molecular flexibility index (Phi) is 5.06. The van der Waals surface area contributed by atoms with Crippen LogP contribution in [-0.2, 0) is 24.1 Å². The zero-order chi connectivity index (χ0) is 20.6. The summed E-state index contributed by atoms with van der Waals surface area (Å²) >= 11 is 0. The van der Waals surface area contributed by atoms with Gasteiger partial charge in [0.15, 0.2) is 0 Å². The number of benzene rings is 1. The molecule has 2 aromatic rings. The van der Waals surface area contributed by atoms with Gasteiger partial charge in [-0.25, -0.2) is 4.39 Å². The van der Waals surface area contributed by atoms with Gasteiger partial charge in [0.2, 0.25) is 5.91 Å². The smallest absolute Gasteiger partial charge is 0.336 e. The Morgan fingerprint density at radius 2 is 1.86 bits per heavy atom. The van der Waals surface area contributed by atoms with Gasteiger partial charge in [0.05, 0.1) is 23.2 Å². The second-order valence-electron chi connectivity index (χ2n) is 7.84. The molecular formula is C21H21F4N3O. The molecule has 1 unspecified atom stereocenters. The zero-order valence-corrected chi connectivity index (χ0v) is 15.8. The fourth-order valence-electron chi connectivity index (χ4n) is 4.32. The van der Waals surface area contributed by atoms with Crippen LogP contribution in [0.15, 0.2) is 42.6 Å². The van der Waals surface area contributed by atoms with Crippen LogP contribution >= 0.6 is 0 Å². The van der Waals surface area contributed by atoms with Crippen molar-refractivity contribution in [1.29, 1.82) is 0 Å². The number of hydrogen-bond donors (Lipinski definition) is 0. The van der Waals surface area contributed by atoms with E-state index in [0.29, 0.717) is 39.0 Å². The van der Waals surface area contributed by atoms with E-state index in [1.165, 1.54) is 0 Å². The van der Waals surface area contributed by atoms with E-state index in [1.54, 1.807) is 11.1 Å². The first-order chi connectivity index (χ1) is 13.8. The lowest BCUT2D eigenvalue weighted by Gasteiger charge is -2.24. The molecule has 3 heterocycles. The van der Waals surface area contributed by atoms with E-state index in [-0.39, 0.29) is 18.0 Å². The Morgan fingerprint density at radius 3 is 2.59 bits per heavy atom. The molecule has 1 amide bonds. The minimum Gasteiger partial charge on any atom is -0.336 e. The van der Waals surface area contributed by atoms with Gasteiger partial charge < -0.3 is 4.90 Å². The fourth-order valence-corrected chi connectivity index (χ4v) is 4.32. The van der Waals surface area contributed by atoms with E-state index in [0.717, 1.165) is 23.9 Å². The molecule has 0 N–H and O–H groups in total. The molecule has 154 valence electrons. The van der Waals surface area contributed by atoms with Crippen LogP contribution < -0.4 is 0 Å². The van der Waals surface area contributed by atoms with Gasteiger partial charge in [-0.15, -0.1) is 0 Å². The van der Waals surface area contributed by atoms with E-state index in [2.05, 4.69) is 4.98 Å². The minimum atomic E-state index is -4.51. The molecule has 4 nitrogen and oxygen atoms in total. The van der Waals surface area contributed by atoms with Crippen LogP contribution in [0.5, 0.6) is 0 Å². The van der Waals surface area contributed by atoms with Crippen LogP contribution in [0.2, 0.25) is 0 Å². The minimum absolute atomic E-state index is 0.00709. The highest BCUT2D eigenvalue weighted by atomic mass is 19.4. The van der Waals surface area contributed by atoms with Gasteiger partial charge in [-0.2, -0.15) is 13.2 Å². The number of amides is 1. The average Bonchev–Trinajstić information content (AvgIpc) is 3.22. The van der Waals surface area contributed by atoms with E-state index in [9.17, 15) is 22.4 Å². The summed E-state index contributed by atoms with van der Waals surface area (Å²) in [6.07, 6.45) is -1.50. The number of pyridine rings is 1. The number of likely N-dealkylation sites (tertiary alicyclic amines) is 2. The van der Waals surface area contributed by atoms with Crippen LogP contribution in [0.4, 0.5) is 17.6 Å². The van der Waals surface area contributed by atoms with Gasteiger partial charge >= 0.3 is 6.18 Å². The van der Waals surface area contributed by atoms with E-state index in [4.69, 9.17) is 0 Å². The highest BCUT2D eigenvalue weighted by Crippen LogP contribution is 2.42. The summed E-state index contributed by atoms with van der Waals surface area (Å²) in [5.41, 5.74) is -0.569. The molecule has 1 aromatic heterocycles. The molecule has 2 aliphatic heterocycles. The average molecular weight is 407 g/mol. The molecule has 1 spiro atoms. The van der Waals surface area contributed by atoms with Gasteiger partial charge in [0.25, 0.3) is 0 Å². The summed E-state index contributed by atoms with van der Waals surface area (Å²) in [7, 11) is 0. The number of carbonyl (C=O) groups is 1. The summed E-state index contributed by atoms with van der Waals surface area (Å²) < 4.78 is 52.9. The number of rotatable bonds is 4. The second kappa shape index (κ2) is 7.40. The van der Waals surface area contributed by atoms with Gasteiger partial charge in [-0.1, -0.05) is 6.07 Å². The predicted molar refractivity (Wildman–Crippen MR) is 98.0 cm³/mol. The molecule has 1 aromatic carbocycles. The van der Waals surface area contributed by atoms with Crippen molar-refractivity contribution in [3.63, 3.8) is 0 Å². The number of nitrogens with zero attached hydrogens (tertiary/aromatic N) is 3. The van der Waals surface area contributed by atoms with Crippen molar-refractivity contribution in [3.8, 4) is 0 Å². The maximum Gasteiger partial charge on any atom is 0.416 e. The second-order valence-corrected chi connectivity index (χ2v) is 7.84. The monoisotopic (exact) mass is 407 g/mol. The van der Waals surface area contributed by atoms with Crippen molar-refractivity contribution in [3.05, 3.63) is 65.2 Å². The van der Waals surface area contributed by atoms with Gasteiger partial charge in [-0.05, 0) is 49.7 Å². The largest absolute Gasteiger partial charge is 0.416 e. The molecule has 2 saturated heterocycles. The first-order valence-corrected chi connectivity index (χ1v) is 9.54. The number of carbonyl (C=O) groups excluding carboxylic acids is 1. The Labute approximate surface area is 166 Å². The van der Waals surface area contributed by atoms with Crippen molar-refractivity contribution in [2.75, 3.05) is 19.6 Å². The lowest BCUT2D eigenvalue weighted by molar-refractivity contribution is -0.137. The molecule has 0 saturated carbocycles. The van der Waals surface area contributed by atoms with Gasteiger partial charge in [0, 0.05) is 31.4 Å². The molecule has 2 aliphatic rings. The zero-order valence-electron chi connectivity index (χ0n) is 15.8. The van der Waals surface area contributed by atoms with Crippen molar-refractivity contribution >= 4 is 5.91 Å². The molecule has 8 heteroatoms. The third-order valence-electron chi connectivity index (χ3n) is 5.88. The van der Waals surface area contributed by atoms with Crippen molar-refractivity contribution in [1.82, 2.24) is 14.8 Å². The van der Waals surface area contributed by atoms with Crippen LogP contribution in [0.1, 0.15) is 29.7 Å². The third-order valence-corrected chi connectivity index (χ3v) is 5.88. The number of aromatic nitrogens is 1. The SMILES string of the molecule is O=C1N(Cc2ccccn2)CCC12CCN(Cc1cc(C(F)(F)F)ccc1F)C2. The highest BCUT2D eigenvalue weighted by molar-refractivity contribution is 5.85. The Morgan fingerprint density at radius 1 is 1.07 bits per heavy atom. The van der Waals surface area contributed by atoms with E-state index in [1.807, 2.05) is 23.1 Å². The fraction of sp³-hybridized carbons (Fsp3) is 0.429. The summed E-state index contributed by atoms with van der Waals surface area (Å²) in [5.74, 6) is -0.608. The molecule has 0 bridgehead atoms. The quantitative estimate of drug-likeness (QED) is 0.723. The normalized spacial score (nSPS) is 22.8. The topological polar surface area (TPSA) is 36.4 Å². The summed E-state index contributed by atoms with van der Waals surface area (Å²) in [6, 6.07) is 8.04. The number of alkyl halides is 3. The molecular weight excluding hydrogens is 386 g/mol. The van der Waals surface area contributed by atoms with Crippen LogP contribution in [0, 0.1) is 11.2 Å². The third kappa shape index (κ3) is 3.99. The molecule has 1 atom stereocenters. The highest BCUT2D eigenvalue weighted by Gasteiger charge is 2.50. The Bertz CT molecular complexity index is 903. The first-order valence-electron chi connectivity index (χ1n) is 9.54. The van der Waals surface area contributed by atoms with Crippen LogP contribution in [-0.4, -0.2) is 40.3 Å². The first kappa shape index (κ1) is 19.8. The van der Waals surface area contributed by atoms with Gasteiger partial charge in [0.1, 0.15) is 5.82 Å². The summed E-state index contributed by atoms with van der Waals surface area (Å²) in [5, 5.41) is 0. The molecule has 29 heavy (non-hydrogen) atoms. The summed E-state index contributed by atoms with van der Waals surface area (Å²) in [4.78, 5) is 21.0. The van der Waals surface area contributed by atoms with Crippen molar-refractivity contribution < 1.29 is 22.4 Å². The molecule has 2 fully saturated rings. The molecule has 4 rings (SSSR count). The van der Waals surface area contributed by atoms with E-state index >= 15 is 0 Å². The Hall–Kier alpha value is -2.48. The lowest BCUT2D eigenvalue weighted by Crippen LogP contribution is -2.36. The molecule has 0 radical (unpaired) electrons. The maximum absolute atomic E-state index is 14.1. The maximum atomic E-state index is 14.1. The van der Waals surface area contributed by atoms with Gasteiger partial charge in [-0.3, -0.25) is 14.7 Å². The van der Waals surface area contributed by atoms with E-state index < -0.39 is 23.0 Å². The predicted octanol–water partition coefficient (Wildman–Crippen LogP) is 3.86. The lowest BCUT2D eigenvalue weighted by atomic mass is 9.85. The van der Waals surface area contributed by atoms with Crippen molar-refractivity contribution in [2.45, 2.75) is 32.1 Å². The number of halogens is 4. The molecule has 0 aliphatic carbocycles. The van der Waals surface area contributed by atoms with Crippen LogP contribution in [0.3, 0.4) is 0 Å². The Balaban J connectivity index is 1.44. The number of hydrogen-bond acceptors (Lipinski definition) is 3. The standard InChI is InChI=1S/C21H21F4N3O/c22-18-5-4-16(21(23,24)25)11-15(18)12-27-9-6-20(14-27)7-10-28(19(20)29)13-17-3-1-2-8-26-17/h1-5,8,11H,6-7,9-10,12-14H2. The summed E-state index contributed by atoms with van der Waals surface area (Å²) in [6.45, 7) is 2.12.